The summed E-state index contributed by atoms with van der Waals surface area (Å²) in [6, 6.07) is 4.93. The van der Waals surface area contributed by atoms with Gasteiger partial charge in [0.25, 0.3) is 5.69 Å². The molecule has 0 unspecified atom stereocenters. The summed E-state index contributed by atoms with van der Waals surface area (Å²) in [5, 5.41) is 10.7. The summed E-state index contributed by atoms with van der Waals surface area (Å²) in [5.74, 6) is 0.119. The van der Waals surface area contributed by atoms with Crippen molar-refractivity contribution in [2.24, 2.45) is 0 Å². The first-order valence-corrected chi connectivity index (χ1v) is 11.1. The summed E-state index contributed by atoms with van der Waals surface area (Å²) in [4.78, 5) is 26.6. The number of nitro benzene ring substituents is 1. The molecule has 3 rings (SSSR count). The molecule has 0 aromatic heterocycles. The zero-order valence-electron chi connectivity index (χ0n) is 15.8. The van der Waals surface area contributed by atoms with Crippen molar-refractivity contribution in [1.29, 1.82) is 0 Å². The molecular weight excluding hydrogens is 384 g/mol. The summed E-state index contributed by atoms with van der Waals surface area (Å²) in [5.41, 5.74) is -0.143. The molecule has 2 fully saturated rings. The fourth-order valence-corrected chi connectivity index (χ4v) is 5.05. The van der Waals surface area contributed by atoms with Gasteiger partial charge in [-0.3, -0.25) is 19.8 Å². The van der Waals surface area contributed by atoms with Gasteiger partial charge in [-0.1, -0.05) is 12.8 Å². The molecule has 10 heteroatoms. The van der Waals surface area contributed by atoms with E-state index in [-0.39, 0.29) is 16.5 Å². The van der Waals surface area contributed by atoms with Crippen molar-refractivity contribution < 1.29 is 18.1 Å². The third-order valence-electron chi connectivity index (χ3n) is 5.33. The molecule has 0 radical (unpaired) electrons. The number of sulfonamides is 1. The third kappa shape index (κ3) is 4.86. The van der Waals surface area contributed by atoms with Crippen LogP contribution in [0.5, 0.6) is 0 Å². The number of hydrogen-bond donors (Lipinski definition) is 0. The minimum atomic E-state index is -3.69. The predicted molar refractivity (Wildman–Crippen MR) is 103 cm³/mol. The highest BCUT2D eigenvalue weighted by molar-refractivity contribution is 7.89. The number of likely N-dealkylation sites (tertiary alicyclic amines) is 1. The topological polar surface area (TPSA) is 104 Å². The number of piperazine rings is 1. The summed E-state index contributed by atoms with van der Waals surface area (Å²) in [7, 11) is -3.69. The van der Waals surface area contributed by atoms with Gasteiger partial charge in [0.1, 0.15) is 0 Å². The highest BCUT2D eigenvalue weighted by atomic mass is 32.2. The maximum Gasteiger partial charge on any atom is 0.269 e. The minimum absolute atomic E-state index is 0.0483. The summed E-state index contributed by atoms with van der Waals surface area (Å²) in [6.45, 7) is 3.53. The van der Waals surface area contributed by atoms with Gasteiger partial charge in [0.2, 0.25) is 15.9 Å². The number of carbonyl (C=O) groups is 1. The second-order valence-corrected chi connectivity index (χ2v) is 9.16. The van der Waals surface area contributed by atoms with E-state index < -0.39 is 14.9 Å². The Labute approximate surface area is 165 Å². The number of carbonyl (C=O) groups excluding carboxylic acids is 1. The van der Waals surface area contributed by atoms with Gasteiger partial charge in [0, 0.05) is 51.4 Å². The minimum Gasteiger partial charge on any atom is -0.342 e. The molecule has 2 heterocycles. The molecule has 1 aromatic carbocycles. The SMILES string of the molecule is O=C(CN1CCN(S(=O)(=O)c2ccc([N+](=O)[O-])cc2)CC1)N1CCCCCC1. The highest BCUT2D eigenvalue weighted by Crippen LogP contribution is 2.21. The Kier molecular flexibility index (Phi) is 6.63. The Morgan fingerprint density at radius 1 is 0.929 bits per heavy atom. The van der Waals surface area contributed by atoms with Gasteiger partial charge < -0.3 is 4.90 Å². The molecule has 154 valence electrons. The van der Waals surface area contributed by atoms with Crippen LogP contribution in [0.25, 0.3) is 0 Å². The van der Waals surface area contributed by atoms with E-state index in [2.05, 4.69) is 0 Å². The lowest BCUT2D eigenvalue weighted by molar-refractivity contribution is -0.384. The number of non-ortho nitro benzene ring substituents is 1. The lowest BCUT2D eigenvalue weighted by Crippen LogP contribution is -2.51. The van der Waals surface area contributed by atoms with Crippen LogP contribution in [-0.4, -0.2) is 79.2 Å². The fraction of sp³-hybridized carbons (Fsp3) is 0.611. The van der Waals surface area contributed by atoms with E-state index in [0.717, 1.165) is 25.9 Å². The van der Waals surface area contributed by atoms with Gasteiger partial charge >= 0.3 is 0 Å². The van der Waals surface area contributed by atoms with E-state index in [0.29, 0.717) is 32.7 Å². The first kappa shape index (κ1) is 20.7. The van der Waals surface area contributed by atoms with E-state index >= 15 is 0 Å². The monoisotopic (exact) mass is 410 g/mol. The molecule has 1 aromatic rings. The van der Waals surface area contributed by atoms with Crippen LogP contribution >= 0.6 is 0 Å². The fourth-order valence-electron chi connectivity index (χ4n) is 3.63. The van der Waals surface area contributed by atoms with Crippen LogP contribution in [0.2, 0.25) is 0 Å². The van der Waals surface area contributed by atoms with Gasteiger partial charge in [0.15, 0.2) is 0 Å². The van der Waals surface area contributed by atoms with E-state index in [4.69, 9.17) is 0 Å². The van der Waals surface area contributed by atoms with Crippen LogP contribution in [0.3, 0.4) is 0 Å². The Bertz CT molecular complexity index is 796. The lowest BCUT2D eigenvalue weighted by Gasteiger charge is -2.34. The van der Waals surface area contributed by atoms with Gasteiger partial charge in [0.05, 0.1) is 16.4 Å². The average Bonchev–Trinajstić information content (AvgIpc) is 2.98. The number of benzene rings is 1. The van der Waals surface area contributed by atoms with Crippen LogP contribution in [-0.2, 0) is 14.8 Å². The van der Waals surface area contributed by atoms with Crippen molar-refractivity contribution >= 4 is 21.6 Å². The molecule has 0 spiro atoms. The van der Waals surface area contributed by atoms with Crippen LogP contribution in [0.4, 0.5) is 5.69 Å². The van der Waals surface area contributed by atoms with Gasteiger partial charge in [-0.05, 0) is 25.0 Å². The Morgan fingerprint density at radius 2 is 1.50 bits per heavy atom. The quantitative estimate of drug-likeness (QED) is 0.535. The van der Waals surface area contributed by atoms with Crippen LogP contribution < -0.4 is 0 Å². The van der Waals surface area contributed by atoms with Crippen molar-refractivity contribution in [3.8, 4) is 0 Å². The number of nitrogens with zero attached hydrogens (tertiary/aromatic N) is 4. The molecule has 9 nitrogen and oxygen atoms in total. The first-order valence-electron chi connectivity index (χ1n) is 9.63. The molecule has 0 saturated carbocycles. The molecule has 0 atom stereocenters. The number of hydrogen-bond acceptors (Lipinski definition) is 6. The van der Waals surface area contributed by atoms with Gasteiger partial charge in [-0.25, -0.2) is 8.42 Å². The predicted octanol–water partition coefficient (Wildman–Crippen LogP) is 1.30. The third-order valence-corrected chi connectivity index (χ3v) is 7.25. The van der Waals surface area contributed by atoms with Gasteiger partial charge in [-0.2, -0.15) is 4.31 Å². The molecule has 0 N–H and O–H groups in total. The number of nitro groups is 1. The van der Waals surface area contributed by atoms with Crippen molar-refractivity contribution in [1.82, 2.24) is 14.1 Å². The normalized spacial score (nSPS) is 19.9. The Hall–Kier alpha value is -2.04. The molecule has 2 aliphatic heterocycles. The van der Waals surface area contributed by atoms with E-state index in [1.807, 2.05) is 9.80 Å². The molecule has 1 amide bonds. The first-order chi connectivity index (χ1) is 13.4. The second kappa shape index (κ2) is 8.97. The van der Waals surface area contributed by atoms with Crippen LogP contribution in [0.1, 0.15) is 25.7 Å². The molecule has 0 aliphatic carbocycles. The standard InChI is InChI=1S/C18H26N4O5S/c23-18(20-9-3-1-2-4-10-20)15-19-11-13-21(14-12-19)28(26,27)17-7-5-16(6-8-17)22(24)25/h5-8H,1-4,9-15H2. The van der Waals surface area contributed by atoms with E-state index in [1.54, 1.807) is 0 Å². The zero-order valence-corrected chi connectivity index (χ0v) is 16.6. The zero-order chi connectivity index (χ0) is 20.1. The van der Waals surface area contributed by atoms with Crippen molar-refractivity contribution in [2.75, 3.05) is 45.8 Å². The number of rotatable bonds is 5. The van der Waals surface area contributed by atoms with Gasteiger partial charge in [-0.15, -0.1) is 0 Å². The van der Waals surface area contributed by atoms with Crippen molar-refractivity contribution in [2.45, 2.75) is 30.6 Å². The molecule has 28 heavy (non-hydrogen) atoms. The second-order valence-electron chi connectivity index (χ2n) is 7.23. The molecule has 2 aliphatic rings. The summed E-state index contributed by atoms with van der Waals surface area (Å²) < 4.78 is 26.9. The highest BCUT2D eigenvalue weighted by Gasteiger charge is 2.30. The smallest absolute Gasteiger partial charge is 0.269 e. The van der Waals surface area contributed by atoms with Crippen LogP contribution in [0.15, 0.2) is 29.2 Å². The number of amides is 1. The Morgan fingerprint density at radius 3 is 2.04 bits per heavy atom. The lowest BCUT2D eigenvalue weighted by atomic mass is 10.2. The van der Waals surface area contributed by atoms with Crippen molar-refractivity contribution in [3.05, 3.63) is 34.4 Å². The molecular formula is C18H26N4O5S. The van der Waals surface area contributed by atoms with E-state index in [1.165, 1.54) is 41.4 Å². The average molecular weight is 410 g/mol. The largest absolute Gasteiger partial charge is 0.342 e. The molecule has 0 bridgehead atoms. The summed E-state index contributed by atoms with van der Waals surface area (Å²) in [6.07, 6.45) is 4.44. The maximum absolute atomic E-state index is 12.7. The Balaban J connectivity index is 1.55. The maximum atomic E-state index is 12.7. The molecule has 2 saturated heterocycles. The summed E-state index contributed by atoms with van der Waals surface area (Å²) >= 11 is 0. The van der Waals surface area contributed by atoms with Crippen LogP contribution in [0, 0.1) is 10.1 Å². The van der Waals surface area contributed by atoms with E-state index in [9.17, 15) is 23.3 Å². The van der Waals surface area contributed by atoms with Crippen molar-refractivity contribution in [3.63, 3.8) is 0 Å².